The van der Waals surface area contributed by atoms with Crippen molar-refractivity contribution >= 4 is 52.1 Å². The summed E-state index contributed by atoms with van der Waals surface area (Å²) in [6, 6.07) is 29.8. The van der Waals surface area contributed by atoms with E-state index in [0.29, 0.717) is 23.6 Å². The zero-order chi connectivity index (χ0) is 27.5. The molecule has 4 rings (SSSR count). The predicted molar refractivity (Wildman–Crippen MR) is 157 cm³/mol. The second-order valence-corrected chi connectivity index (χ2v) is 9.49. The van der Waals surface area contributed by atoms with Gasteiger partial charge in [0.25, 0.3) is 11.8 Å². The van der Waals surface area contributed by atoms with E-state index in [9.17, 15) is 14.4 Å². The van der Waals surface area contributed by atoms with Gasteiger partial charge in [-0.1, -0.05) is 72.8 Å². The van der Waals surface area contributed by atoms with Gasteiger partial charge in [0.05, 0.1) is 6.61 Å². The van der Waals surface area contributed by atoms with Gasteiger partial charge < -0.3 is 15.4 Å². The fourth-order valence-corrected chi connectivity index (χ4v) is 4.59. The molecular formula is C32H28N2O4S. The number of ether oxygens (including phenoxy) is 1. The first-order valence-corrected chi connectivity index (χ1v) is 13.5. The van der Waals surface area contributed by atoms with Crippen LogP contribution in [0.15, 0.2) is 120 Å². The molecular weight excluding hydrogens is 508 g/mol. The Hall–Kier alpha value is -4.62. The SMILES string of the molecule is CCOC(=O)/C=C/CSc1cccc(NC(=O)/C(=C/c2cccc3ccccc23)NC(=O)c2ccccc2)c1. The Morgan fingerprint density at radius 2 is 1.62 bits per heavy atom. The van der Waals surface area contributed by atoms with Crippen molar-refractivity contribution < 1.29 is 19.1 Å². The van der Waals surface area contributed by atoms with Gasteiger partial charge in [-0.25, -0.2) is 4.79 Å². The van der Waals surface area contributed by atoms with Crippen LogP contribution in [-0.2, 0) is 14.3 Å². The average Bonchev–Trinajstić information content (AvgIpc) is 2.96. The second kappa shape index (κ2) is 13.8. The van der Waals surface area contributed by atoms with Crippen LogP contribution >= 0.6 is 11.8 Å². The van der Waals surface area contributed by atoms with E-state index < -0.39 is 5.91 Å². The predicted octanol–water partition coefficient (Wildman–Crippen LogP) is 6.46. The van der Waals surface area contributed by atoms with Gasteiger partial charge in [0.2, 0.25) is 0 Å². The van der Waals surface area contributed by atoms with Crippen molar-refractivity contribution in [2.75, 3.05) is 17.7 Å². The van der Waals surface area contributed by atoms with Crippen LogP contribution in [0.5, 0.6) is 0 Å². The number of anilines is 1. The molecule has 0 atom stereocenters. The molecule has 0 unspecified atom stereocenters. The summed E-state index contributed by atoms with van der Waals surface area (Å²) in [5, 5.41) is 7.70. The van der Waals surface area contributed by atoms with Crippen LogP contribution in [0.1, 0.15) is 22.8 Å². The Bertz CT molecular complexity index is 1520. The molecule has 0 aliphatic rings. The molecule has 0 aliphatic heterocycles. The third-order valence-corrected chi connectivity index (χ3v) is 6.58. The maximum atomic E-state index is 13.5. The van der Waals surface area contributed by atoms with Crippen molar-refractivity contribution in [2.24, 2.45) is 0 Å². The molecule has 4 aromatic carbocycles. The monoisotopic (exact) mass is 536 g/mol. The number of rotatable bonds is 10. The highest BCUT2D eigenvalue weighted by Gasteiger charge is 2.16. The van der Waals surface area contributed by atoms with Crippen molar-refractivity contribution in [2.45, 2.75) is 11.8 Å². The maximum Gasteiger partial charge on any atom is 0.330 e. The van der Waals surface area contributed by atoms with Gasteiger partial charge in [0.15, 0.2) is 0 Å². The Morgan fingerprint density at radius 1 is 0.872 bits per heavy atom. The van der Waals surface area contributed by atoms with Gasteiger partial charge in [0, 0.05) is 28.0 Å². The quantitative estimate of drug-likeness (QED) is 0.138. The first-order chi connectivity index (χ1) is 19.0. The maximum absolute atomic E-state index is 13.5. The molecule has 7 heteroatoms. The third kappa shape index (κ3) is 7.93. The van der Waals surface area contributed by atoms with Crippen molar-refractivity contribution in [3.63, 3.8) is 0 Å². The van der Waals surface area contributed by atoms with E-state index in [0.717, 1.165) is 21.2 Å². The number of hydrogen-bond acceptors (Lipinski definition) is 5. The normalized spacial score (nSPS) is 11.4. The van der Waals surface area contributed by atoms with E-state index in [1.807, 2.05) is 66.7 Å². The standard InChI is InChI=1S/C32H28N2O4S/c1-2-38-30(35)19-10-20-39-27-17-9-16-26(22-27)33-32(37)29(34-31(36)24-12-4-3-5-13-24)21-25-15-8-14-23-11-6-7-18-28(23)25/h3-19,21-22H,2,20H2,1H3,(H,33,37)(H,34,36)/b19-10+,29-21-. The zero-order valence-electron chi connectivity index (χ0n) is 21.4. The zero-order valence-corrected chi connectivity index (χ0v) is 22.2. The Labute approximate surface area is 231 Å². The summed E-state index contributed by atoms with van der Waals surface area (Å²) < 4.78 is 4.88. The fraction of sp³-hybridized carbons (Fsp3) is 0.0938. The van der Waals surface area contributed by atoms with Gasteiger partial charge in [-0.3, -0.25) is 9.59 Å². The van der Waals surface area contributed by atoms with Crippen LogP contribution < -0.4 is 10.6 Å². The minimum Gasteiger partial charge on any atom is -0.463 e. The lowest BCUT2D eigenvalue weighted by Gasteiger charge is -2.13. The molecule has 6 nitrogen and oxygen atoms in total. The van der Waals surface area contributed by atoms with Crippen LogP contribution in [-0.4, -0.2) is 30.1 Å². The molecule has 2 amide bonds. The highest BCUT2D eigenvalue weighted by atomic mass is 32.2. The van der Waals surface area contributed by atoms with Crippen LogP contribution in [0.4, 0.5) is 5.69 Å². The van der Waals surface area contributed by atoms with Crippen molar-refractivity contribution in [3.8, 4) is 0 Å². The molecule has 2 N–H and O–H groups in total. The van der Waals surface area contributed by atoms with E-state index in [1.165, 1.54) is 17.8 Å². The molecule has 0 aromatic heterocycles. The molecule has 4 aromatic rings. The number of benzene rings is 4. The number of amides is 2. The highest BCUT2D eigenvalue weighted by molar-refractivity contribution is 7.99. The topological polar surface area (TPSA) is 84.5 Å². The summed E-state index contributed by atoms with van der Waals surface area (Å²) in [7, 11) is 0. The lowest BCUT2D eigenvalue weighted by atomic mass is 10.0. The van der Waals surface area contributed by atoms with E-state index >= 15 is 0 Å². The minimum atomic E-state index is -0.448. The molecule has 0 aliphatic carbocycles. The molecule has 196 valence electrons. The number of fused-ring (bicyclic) bond motifs is 1. The summed E-state index contributed by atoms with van der Waals surface area (Å²) in [6.45, 7) is 2.09. The van der Waals surface area contributed by atoms with E-state index in [4.69, 9.17) is 4.74 Å². The van der Waals surface area contributed by atoms with E-state index in [1.54, 1.807) is 49.4 Å². The van der Waals surface area contributed by atoms with Crippen LogP contribution in [0, 0.1) is 0 Å². The first kappa shape index (κ1) is 27.4. The van der Waals surface area contributed by atoms with Gasteiger partial charge >= 0.3 is 5.97 Å². The fourth-order valence-electron chi connectivity index (χ4n) is 3.82. The van der Waals surface area contributed by atoms with Crippen molar-refractivity contribution in [1.29, 1.82) is 0 Å². The highest BCUT2D eigenvalue weighted by Crippen LogP contribution is 2.24. The Morgan fingerprint density at radius 3 is 2.44 bits per heavy atom. The summed E-state index contributed by atoms with van der Waals surface area (Å²) in [4.78, 5) is 38.8. The Balaban J connectivity index is 1.55. The van der Waals surface area contributed by atoms with Crippen LogP contribution in [0.2, 0.25) is 0 Å². The number of thioether (sulfide) groups is 1. The minimum absolute atomic E-state index is 0.121. The third-order valence-electron chi connectivity index (χ3n) is 5.63. The average molecular weight is 537 g/mol. The van der Waals surface area contributed by atoms with Gasteiger partial charge in [-0.2, -0.15) is 0 Å². The summed E-state index contributed by atoms with van der Waals surface area (Å²) >= 11 is 1.51. The number of nitrogens with one attached hydrogen (secondary N) is 2. The van der Waals surface area contributed by atoms with Gasteiger partial charge in [0.1, 0.15) is 5.70 Å². The van der Waals surface area contributed by atoms with Crippen LogP contribution in [0.3, 0.4) is 0 Å². The lowest BCUT2D eigenvalue weighted by Crippen LogP contribution is -2.30. The van der Waals surface area contributed by atoms with E-state index in [-0.39, 0.29) is 17.6 Å². The first-order valence-electron chi connectivity index (χ1n) is 12.5. The molecule has 0 spiro atoms. The molecule has 0 saturated heterocycles. The molecule has 0 saturated carbocycles. The van der Waals surface area contributed by atoms with Gasteiger partial charge in [-0.05, 0) is 59.7 Å². The summed E-state index contributed by atoms with van der Waals surface area (Å²) in [5.41, 5.74) is 1.96. The molecule has 39 heavy (non-hydrogen) atoms. The smallest absolute Gasteiger partial charge is 0.330 e. The number of esters is 1. The number of hydrogen-bond donors (Lipinski definition) is 2. The number of carbonyl (C=O) groups is 3. The summed E-state index contributed by atoms with van der Waals surface area (Å²) in [6.07, 6.45) is 4.83. The molecule has 0 bridgehead atoms. The van der Waals surface area contributed by atoms with Crippen LogP contribution in [0.25, 0.3) is 16.8 Å². The Kier molecular flexibility index (Phi) is 9.69. The van der Waals surface area contributed by atoms with Crippen molar-refractivity contribution in [1.82, 2.24) is 5.32 Å². The number of carbonyl (C=O) groups excluding carboxylic acids is 3. The second-order valence-electron chi connectivity index (χ2n) is 8.39. The summed E-state index contributed by atoms with van der Waals surface area (Å²) in [5.74, 6) is -0.635. The largest absolute Gasteiger partial charge is 0.463 e. The molecule has 0 heterocycles. The van der Waals surface area contributed by atoms with Crippen molar-refractivity contribution in [3.05, 3.63) is 126 Å². The molecule has 0 fully saturated rings. The lowest BCUT2D eigenvalue weighted by molar-refractivity contribution is -0.137. The van der Waals surface area contributed by atoms with E-state index in [2.05, 4.69) is 10.6 Å². The van der Waals surface area contributed by atoms with Gasteiger partial charge in [-0.15, -0.1) is 11.8 Å². The molecule has 0 radical (unpaired) electrons.